The number of aryl methyl sites for hydroxylation is 1. The van der Waals surface area contributed by atoms with Crippen molar-refractivity contribution in [3.63, 3.8) is 0 Å². The summed E-state index contributed by atoms with van der Waals surface area (Å²) < 4.78 is 11.4. The second kappa shape index (κ2) is 5.94. The average molecular weight is 246 g/mol. The maximum Gasteiger partial charge on any atom is 0.263 e. The van der Waals surface area contributed by atoms with Crippen LogP contribution in [0.4, 0.5) is 0 Å². The van der Waals surface area contributed by atoms with E-state index in [2.05, 4.69) is 25.6 Å². The molecule has 0 N–H and O–H groups in total. The SMILES string of the molecule is C=C(C)C1Oc2ccc(CCCCCC)cc2O1. The molecule has 18 heavy (non-hydrogen) atoms. The smallest absolute Gasteiger partial charge is 0.263 e. The van der Waals surface area contributed by atoms with Gasteiger partial charge in [0, 0.05) is 0 Å². The zero-order chi connectivity index (χ0) is 13.0. The van der Waals surface area contributed by atoms with Gasteiger partial charge in [-0.1, -0.05) is 38.8 Å². The number of hydrogen-bond donors (Lipinski definition) is 0. The molecule has 98 valence electrons. The molecular formula is C16H22O2. The van der Waals surface area contributed by atoms with E-state index in [0.29, 0.717) is 0 Å². The van der Waals surface area contributed by atoms with Crippen molar-refractivity contribution in [2.24, 2.45) is 0 Å². The summed E-state index contributed by atoms with van der Waals surface area (Å²) in [6.07, 6.45) is 5.96. The van der Waals surface area contributed by atoms with Crippen molar-refractivity contribution in [3.8, 4) is 11.5 Å². The first-order chi connectivity index (χ1) is 8.70. The van der Waals surface area contributed by atoms with E-state index in [1.54, 1.807) is 0 Å². The van der Waals surface area contributed by atoms with Crippen molar-refractivity contribution in [1.82, 2.24) is 0 Å². The number of rotatable bonds is 6. The summed E-state index contributed by atoms with van der Waals surface area (Å²) in [7, 11) is 0. The summed E-state index contributed by atoms with van der Waals surface area (Å²) in [5, 5.41) is 0. The Labute approximate surface area is 110 Å². The van der Waals surface area contributed by atoms with E-state index in [1.165, 1.54) is 31.2 Å². The fraction of sp³-hybridized carbons (Fsp3) is 0.500. The number of ether oxygens (including phenoxy) is 2. The molecule has 1 atom stereocenters. The summed E-state index contributed by atoms with van der Waals surface area (Å²) in [5.74, 6) is 1.69. The van der Waals surface area contributed by atoms with E-state index in [1.807, 2.05) is 13.0 Å². The molecule has 0 saturated carbocycles. The van der Waals surface area contributed by atoms with Crippen LogP contribution in [0.25, 0.3) is 0 Å². The third-order valence-electron chi connectivity index (χ3n) is 3.20. The van der Waals surface area contributed by atoms with E-state index in [9.17, 15) is 0 Å². The van der Waals surface area contributed by atoms with Gasteiger partial charge in [-0.25, -0.2) is 0 Å². The van der Waals surface area contributed by atoms with Crippen LogP contribution in [0.1, 0.15) is 45.1 Å². The molecular weight excluding hydrogens is 224 g/mol. The van der Waals surface area contributed by atoms with Crippen LogP contribution in [0.5, 0.6) is 11.5 Å². The van der Waals surface area contributed by atoms with Gasteiger partial charge in [0.1, 0.15) is 0 Å². The van der Waals surface area contributed by atoms with Crippen molar-refractivity contribution in [2.75, 3.05) is 0 Å². The van der Waals surface area contributed by atoms with E-state index in [-0.39, 0.29) is 6.29 Å². The molecule has 2 rings (SSSR count). The first-order valence-corrected chi connectivity index (χ1v) is 6.82. The molecule has 0 radical (unpaired) electrons. The molecule has 1 unspecified atom stereocenters. The molecule has 0 aromatic heterocycles. The van der Waals surface area contributed by atoms with E-state index >= 15 is 0 Å². The van der Waals surface area contributed by atoms with Crippen LogP contribution >= 0.6 is 0 Å². The maximum atomic E-state index is 5.71. The molecule has 1 aliphatic rings. The lowest BCUT2D eigenvalue weighted by atomic mass is 10.1. The highest BCUT2D eigenvalue weighted by atomic mass is 16.7. The molecule has 0 fully saturated rings. The standard InChI is InChI=1S/C16H22O2/c1-4-5-6-7-8-13-9-10-14-15(11-13)18-16(17-14)12(2)3/h9-11,16H,2,4-8H2,1,3H3. The van der Waals surface area contributed by atoms with Crippen LogP contribution in [0.2, 0.25) is 0 Å². The van der Waals surface area contributed by atoms with Crippen LogP contribution in [-0.2, 0) is 6.42 Å². The Morgan fingerprint density at radius 2 is 1.94 bits per heavy atom. The zero-order valence-electron chi connectivity index (χ0n) is 11.4. The monoisotopic (exact) mass is 246 g/mol. The fourth-order valence-electron chi connectivity index (χ4n) is 2.11. The lowest BCUT2D eigenvalue weighted by Crippen LogP contribution is -2.18. The Bertz CT molecular complexity index is 423. The Morgan fingerprint density at radius 1 is 1.17 bits per heavy atom. The van der Waals surface area contributed by atoms with Gasteiger partial charge in [-0.05, 0) is 43.0 Å². The van der Waals surface area contributed by atoms with Gasteiger partial charge < -0.3 is 9.47 Å². The van der Waals surface area contributed by atoms with Gasteiger partial charge in [0.2, 0.25) is 0 Å². The van der Waals surface area contributed by atoms with Gasteiger partial charge in [-0.3, -0.25) is 0 Å². The summed E-state index contributed by atoms with van der Waals surface area (Å²) >= 11 is 0. The molecule has 1 aliphatic heterocycles. The van der Waals surface area contributed by atoms with Crippen LogP contribution in [0.3, 0.4) is 0 Å². The Morgan fingerprint density at radius 3 is 2.67 bits per heavy atom. The van der Waals surface area contributed by atoms with E-state index in [0.717, 1.165) is 23.5 Å². The van der Waals surface area contributed by atoms with Crippen LogP contribution < -0.4 is 9.47 Å². The minimum Gasteiger partial charge on any atom is -0.447 e. The van der Waals surface area contributed by atoms with Crippen LogP contribution in [0.15, 0.2) is 30.4 Å². The third-order valence-corrected chi connectivity index (χ3v) is 3.20. The highest BCUT2D eigenvalue weighted by Crippen LogP contribution is 2.37. The minimum atomic E-state index is -0.310. The summed E-state index contributed by atoms with van der Waals surface area (Å²) in [5.41, 5.74) is 2.23. The quantitative estimate of drug-likeness (QED) is 0.544. The lowest BCUT2D eigenvalue weighted by molar-refractivity contribution is 0.0843. The molecule has 1 aromatic rings. The van der Waals surface area contributed by atoms with Crippen molar-refractivity contribution < 1.29 is 9.47 Å². The topological polar surface area (TPSA) is 18.5 Å². The second-order valence-electron chi connectivity index (χ2n) is 5.01. The third kappa shape index (κ3) is 3.06. The van der Waals surface area contributed by atoms with E-state index in [4.69, 9.17) is 9.47 Å². The minimum absolute atomic E-state index is 0.310. The zero-order valence-corrected chi connectivity index (χ0v) is 11.4. The molecule has 1 heterocycles. The Hall–Kier alpha value is -1.44. The van der Waals surface area contributed by atoms with Crippen molar-refractivity contribution >= 4 is 0 Å². The molecule has 2 heteroatoms. The van der Waals surface area contributed by atoms with Gasteiger partial charge in [0.15, 0.2) is 11.5 Å². The van der Waals surface area contributed by atoms with Crippen LogP contribution in [-0.4, -0.2) is 6.29 Å². The highest BCUT2D eigenvalue weighted by molar-refractivity contribution is 5.45. The van der Waals surface area contributed by atoms with Crippen molar-refractivity contribution in [3.05, 3.63) is 35.9 Å². The van der Waals surface area contributed by atoms with Crippen molar-refractivity contribution in [2.45, 2.75) is 52.2 Å². The molecule has 2 nitrogen and oxygen atoms in total. The number of fused-ring (bicyclic) bond motifs is 1. The molecule has 1 aromatic carbocycles. The Balaban J connectivity index is 1.93. The normalized spacial score (nSPS) is 16.9. The van der Waals surface area contributed by atoms with Gasteiger partial charge in [0.25, 0.3) is 6.29 Å². The first kappa shape index (κ1) is 13.0. The van der Waals surface area contributed by atoms with Crippen molar-refractivity contribution in [1.29, 1.82) is 0 Å². The largest absolute Gasteiger partial charge is 0.447 e. The number of unbranched alkanes of at least 4 members (excludes halogenated alkanes) is 3. The summed E-state index contributed by atoms with van der Waals surface area (Å²) in [6.45, 7) is 8.02. The average Bonchev–Trinajstić information content (AvgIpc) is 2.78. The second-order valence-corrected chi connectivity index (χ2v) is 5.01. The van der Waals surface area contributed by atoms with Gasteiger partial charge >= 0.3 is 0 Å². The number of benzene rings is 1. The lowest BCUT2D eigenvalue weighted by Gasteiger charge is -2.08. The summed E-state index contributed by atoms with van der Waals surface area (Å²) in [6, 6.07) is 6.24. The first-order valence-electron chi connectivity index (χ1n) is 6.82. The van der Waals surface area contributed by atoms with Crippen LogP contribution in [0, 0.1) is 0 Å². The molecule has 0 spiro atoms. The highest BCUT2D eigenvalue weighted by Gasteiger charge is 2.24. The maximum absolute atomic E-state index is 5.71. The Kier molecular flexibility index (Phi) is 4.29. The van der Waals surface area contributed by atoms with Gasteiger partial charge in [-0.15, -0.1) is 0 Å². The molecule has 0 aliphatic carbocycles. The predicted octanol–water partition coefficient (Wildman–Crippen LogP) is 4.48. The van der Waals surface area contributed by atoms with Gasteiger partial charge in [-0.2, -0.15) is 0 Å². The predicted molar refractivity (Wildman–Crippen MR) is 74.1 cm³/mol. The number of hydrogen-bond acceptors (Lipinski definition) is 2. The molecule has 0 bridgehead atoms. The van der Waals surface area contributed by atoms with Gasteiger partial charge in [0.05, 0.1) is 0 Å². The molecule has 0 saturated heterocycles. The summed E-state index contributed by atoms with van der Waals surface area (Å²) in [4.78, 5) is 0. The fourth-order valence-corrected chi connectivity index (χ4v) is 2.11. The van der Waals surface area contributed by atoms with E-state index < -0.39 is 0 Å². The molecule has 0 amide bonds.